The van der Waals surface area contributed by atoms with Crippen molar-refractivity contribution in [2.24, 2.45) is 5.73 Å². The monoisotopic (exact) mass is 262 g/mol. The van der Waals surface area contributed by atoms with E-state index in [-0.39, 0.29) is 13.2 Å². The van der Waals surface area contributed by atoms with E-state index >= 15 is 0 Å². The van der Waals surface area contributed by atoms with E-state index in [4.69, 9.17) is 15.0 Å². The summed E-state index contributed by atoms with van der Waals surface area (Å²) in [4.78, 5) is 0. The summed E-state index contributed by atoms with van der Waals surface area (Å²) < 4.78 is 22.9. The summed E-state index contributed by atoms with van der Waals surface area (Å²) in [7, 11) is 0. The van der Waals surface area contributed by atoms with E-state index in [1.54, 1.807) is 18.3 Å². The van der Waals surface area contributed by atoms with Gasteiger partial charge in [-0.05, 0) is 31.2 Å². The number of hydrogen-bond acceptors (Lipinski definition) is 4. The van der Waals surface area contributed by atoms with Gasteiger partial charge in [-0.2, -0.15) is 0 Å². The lowest BCUT2D eigenvalue weighted by Crippen LogP contribution is -2.10. The molecule has 0 amide bonds. The zero-order valence-electron chi connectivity index (χ0n) is 10.6. The average molecular weight is 262 g/mol. The Morgan fingerprint density at radius 2 is 2.16 bits per heavy atom. The zero-order chi connectivity index (χ0) is 13.7. The normalized spacial score (nSPS) is 11.6. The molecular formula is C14H15FN2O2. The molecule has 100 valence electrons. The first-order valence-electron chi connectivity index (χ1n) is 5.87. The van der Waals surface area contributed by atoms with Gasteiger partial charge in [-0.1, -0.05) is 5.16 Å². The Morgan fingerprint density at radius 1 is 1.42 bits per heavy atom. The maximum atomic E-state index is 12.3. The third-order valence-electron chi connectivity index (χ3n) is 2.71. The van der Waals surface area contributed by atoms with Gasteiger partial charge in [0.1, 0.15) is 12.4 Å². The number of halogens is 1. The van der Waals surface area contributed by atoms with Crippen molar-refractivity contribution in [3.05, 3.63) is 47.9 Å². The Labute approximate surface area is 110 Å². The molecule has 0 aliphatic carbocycles. The molecule has 19 heavy (non-hydrogen) atoms. The predicted octanol–water partition coefficient (Wildman–Crippen LogP) is 2.84. The van der Waals surface area contributed by atoms with Crippen LogP contribution in [0.15, 0.2) is 46.9 Å². The lowest BCUT2D eigenvalue weighted by atomic mass is 10.1. The van der Waals surface area contributed by atoms with Crippen molar-refractivity contribution < 1.29 is 13.7 Å². The van der Waals surface area contributed by atoms with Crippen molar-refractivity contribution in [3.8, 4) is 17.1 Å². The molecule has 2 aromatic rings. The van der Waals surface area contributed by atoms with Crippen LogP contribution in [0.25, 0.3) is 11.3 Å². The molecule has 0 aliphatic heterocycles. The molecule has 0 saturated carbocycles. The van der Waals surface area contributed by atoms with Crippen LogP contribution in [0.3, 0.4) is 0 Å². The smallest absolute Gasteiger partial charge is 0.169 e. The van der Waals surface area contributed by atoms with Gasteiger partial charge in [-0.15, -0.1) is 0 Å². The van der Waals surface area contributed by atoms with Crippen molar-refractivity contribution in [1.29, 1.82) is 0 Å². The fraction of sp³-hybridized carbons (Fsp3) is 0.214. The highest BCUT2D eigenvalue weighted by atomic mass is 19.1. The molecule has 0 unspecified atom stereocenters. The Morgan fingerprint density at radius 3 is 2.68 bits per heavy atom. The summed E-state index contributed by atoms with van der Waals surface area (Å²) in [5.41, 5.74) is 7.65. The van der Waals surface area contributed by atoms with Crippen molar-refractivity contribution in [3.63, 3.8) is 0 Å². The van der Waals surface area contributed by atoms with Crippen molar-refractivity contribution in [2.45, 2.75) is 6.92 Å². The minimum Gasteiger partial charge on any atom is -0.489 e. The fourth-order valence-corrected chi connectivity index (χ4v) is 1.58. The second-order valence-electron chi connectivity index (χ2n) is 4.12. The second kappa shape index (κ2) is 6.15. The Bertz CT molecular complexity index is 561. The highest BCUT2D eigenvalue weighted by Gasteiger charge is 2.07. The van der Waals surface area contributed by atoms with Crippen LogP contribution in [0.4, 0.5) is 4.39 Å². The predicted molar refractivity (Wildman–Crippen MR) is 70.4 cm³/mol. The molecule has 1 aromatic heterocycles. The Hall–Kier alpha value is -2.14. The van der Waals surface area contributed by atoms with Gasteiger partial charge < -0.3 is 15.0 Å². The maximum absolute atomic E-state index is 12.3. The summed E-state index contributed by atoms with van der Waals surface area (Å²) in [6.07, 6.45) is 2.14. The highest BCUT2D eigenvalue weighted by Crippen LogP contribution is 2.25. The van der Waals surface area contributed by atoms with Crippen LogP contribution < -0.4 is 10.5 Å². The average Bonchev–Trinajstić information content (AvgIpc) is 2.87. The number of aryl methyl sites for hydroxylation is 1. The standard InChI is InChI=1S/C14H15FN2O2/c1-10-8-17-19-14(10)12-2-4-13(5-3-12)18-9-11(6-15)7-16/h2-6,8H,7,9,16H2,1H3/b11-6+. The van der Waals surface area contributed by atoms with Gasteiger partial charge in [0.05, 0.1) is 12.5 Å². The lowest BCUT2D eigenvalue weighted by Gasteiger charge is -2.07. The third-order valence-corrected chi connectivity index (χ3v) is 2.71. The number of rotatable bonds is 5. The first-order chi connectivity index (χ1) is 9.24. The summed E-state index contributed by atoms with van der Waals surface area (Å²) in [6, 6.07) is 7.32. The quantitative estimate of drug-likeness (QED) is 0.900. The van der Waals surface area contributed by atoms with E-state index in [0.29, 0.717) is 17.7 Å². The van der Waals surface area contributed by atoms with E-state index in [1.807, 2.05) is 19.1 Å². The number of nitrogens with zero attached hydrogens (tertiary/aromatic N) is 1. The van der Waals surface area contributed by atoms with Crippen molar-refractivity contribution >= 4 is 0 Å². The highest BCUT2D eigenvalue weighted by molar-refractivity contribution is 5.61. The third kappa shape index (κ3) is 3.20. The summed E-state index contributed by atoms with van der Waals surface area (Å²) >= 11 is 0. The summed E-state index contributed by atoms with van der Waals surface area (Å²) in [5, 5.41) is 3.73. The molecule has 5 heteroatoms. The van der Waals surface area contributed by atoms with Crippen LogP contribution in [0, 0.1) is 6.92 Å². The minimum absolute atomic E-state index is 0.145. The molecule has 4 nitrogen and oxygen atoms in total. The van der Waals surface area contributed by atoms with Gasteiger partial charge >= 0.3 is 0 Å². The van der Waals surface area contributed by atoms with Gasteiger partial charge in [0.25, 0.3) is 0 Å². The first kappa shape index (κ1) is 13.3. The van der Waals surface area contributed by atoms with Gasteiger partial charge in [-0.3, -0.25) is 0 Å². The van der Waals surface area contributed by atoms with Crippen molar-refractivity contribution in [2.75, 3.05) is 13.2 Å². The van der Waals surface area contributed by atoms with E-state index in [2.05, 4.69) is 5.16 Å². The Balaban J connectivity index is 2.05. The van der Waals surface area contributed by atoms with Crippen molar-refractivity contribution in [1.82, 2.24) is 5.16 Å². The molecule has 2 rings (SSSR count). The first-order valence-corrected chi connectivity index (χ1v) is 5.87. The molecule has 0 saturated heterocycles. The van der Waals surface area contributed by atoms with Crippen LogP contribution >= 0.6 is 0 Å². The molecular weight excluding hydrogens is 247 g/mol. The second-order valence-corrected chi connectivity index (χ2v) is 4.12. The summed E-state index contributed by atoms with van der Waals surface area (Å²) in [6.45, 7) is 2.22. The number of aromatic nitrogens is 1. The topological polar surface area (TPSA) is 61.3 Å². The Kier molecular flexibility index (Phi) is 4.30. The summed E-state index contributed by atoms with van der Waals surface area (Å²) in [5.74, 6) is 1.38. The lowest BCUT2D eigenvalue weighted by molar-refractivity contribution is 0.347. The van der Waals surface area contributed by atoms with Gasteiger partial charge in [0.15, 0.2) is 5.76 Å². The van der Waals surface area contributed by atoms with E-state index in [0.717, 1.165) is 16.9 Å². The van der Waals surface area contributed by atoms with E-state index in [9.17, 15) is 4.39 Å². The maximum Gasteiger partial charge on any atom is 0.169 e. The van der Waals surface area contributed by atoms with E-state index in [1.165, 1.54) is 0 Å². The molecule has 0 atom stereocenters. The minimum atomic E-state index is 0.145. The van der Waals surface area contributed by atoms with Gasteiger partial charge in [0, 0.05) is 23.2 Å². The van der Waals surface area contributed by atoms with Gasteiger partial charge in [-0.25, -0.2) is 4.39 Å². The molecule has 0 bridgehead atoms. The van der Waals surface area contributed by atoms with Crippen LogP contribution in [-0.4, -0.2) is 18.3 Å². The molecule has 2 N–H and O–H groups in total. The molecule has 1 heterocycles. The number of ether oxygens (including phenoxy) is 1. The van der Waals surface area contributed by atoms with Crippen LogP contribution in [0.2, 0.25) is 0 Å². The van der Waals surface area contributed by atoms with E-state index < -0.39 is 0 Å². The van der Waals surface area contributed by atoms with Gasteiger partial charge in [0.2, 0.25) is 0 Å². The number of benzene rings is 1. The molecule has 0 spiro atoms. The van der Waals surface area contributed by atoms with Crippen LogP contribution in [-0.2, 0) is 0 Å². The fourth-order valence-electron chi connectivity index (χ4n) is 1.58. The molecule has 0 fully saturated rings. The zero-order valence-corrected chi connectivity index (χ0v) is 10.6. The molecule has 1 aromatic carbocycles. The molecule has 0 aliphatic rings. The molecule has 0 radical (unpaired) electrons. The number of nitrogens with two attached hydrogens (primary N) is 1. The SMILES string of the molecule is Cc1cnoc1-c1ccc(OC/C(=C/F)CN)cc1. The number of hydrogen-bond donors (Lipinski definition) is 1. The largest absolute Gasteiger partial charge is 0.489 e. The van der Waals surface area contributed by atoms with Crippen LogP contribution in [0.5, 0.6) is 5.75 Å². The van der Waals surface area contributed by atoms with Crippen LogP contribution in [0.1, 0.15) is 5.56 Å².